The molecule has 0 radical (unpaired) electrons. The summed E-state index contributed by atoms with van der Waals surface area (Å²) in [6.45, 7) is 0.109. The first-order chi connectivity index (χ1) is 11.8. The lowest BCUT2D eigenvalue weighted by atomic mass is 9.89. The Morgan fingerprint density at radius 1 is 1.20 bits per heavy atom. The highest BCUT2D eigenvalue weighted by molar-refractivity contribution is 7.91. The number of benzene rings is 1. The summed E-state index contributed by atoms with van der Waals surface area (Å²) in [5.74, 6) is -2.69. The zero-order chi connectivity index (χ0) is 18.2. The second-order valence-corrected chi connectivity index (χ2v) is 8.88. The van der Waals surface area contributed by atoms with E-state index in [0.29, 0.717) is 0 Å². The van der Waals surface area contributed by atoms with E-state index in [-0.39, 0.29) is 28.8 Å². The second-order valence-electron chi connectivity index (χ2n) is 5.81. The Kier molecular flexibility index (Phi) is 4.63. The number of aromatic carboxylic acids is 1. The smallest absolute Gasteiger partial charge is 0.336 e. The molecule has 1 fully saturated rings. The predicted octanol–water partition coefficient (Wildman–Crippen LogP) is 1.34. The van der Waals surface area contributed by atoms with Crippen molar-refractivity contribution in [3.63, 3.8) is 0 Å². The molecule has 2 heterocycles. The lowest BCUT2D eigenvalue weighted by Crippen LogP contribution is -2.31. The van der Waals surface area contributed by atoms with E-state index in [1.807, 2.05) is 30.3 Å². The minimum absolute atomic E-state index is 0.0163. The Hall–Kier alpha value is -2.23. The van der Waals surface area contributed by atoms with Crippen LogP contribution in [0.5, 0.6) is 0 Å². The van der Waals surface area contributed by atoms with Gasteiger partial charge in [-0.2, -0.15) is 4.31 Å². The number of carbonyl (C=O) groups excluding carboxylic acids is 1. The summed E-state index contributed by atoms with van der Waals surface area (Å²) in [6.07, 6.45) is 0. The number of carbonyl (C=O) groups is 2. The SMILES string of the molecule is NC(=O)[C@@H]1CN(S(=O)(=O)c2cc(C(=O)O)cs2)C[C@H]1c1ccccc1. The largest absolute Gasteiger partial charge is 0.478 e. The van der Waals surface area contributed by atoms with Crippen LogP contribution in [-0.4, -0.2) is 42.8 Å². The van der Waals surface area contributed by atoms with E-state index in [9.17, 15) is 18.0 Å². The van der Waals surface area contributed by atoms with Crippen molar-refractivity contribution in [2.45, 2.75) is 10.1 Å². The van der Waals surface area contributed by atoms with Gasteiger partial charge in [0.15, 0.2) is 0 Å². The number of amides is 1. The molecule has 0 saturated carbocycles. The van der Waals surface area contributed by atoms with Gasteiger partial charge in [0.05, 0.1) is 11.5 Å². The zero-order valence-corrected chi connectivity index (χ0v) is 14.7. The summed E-state index contributed by atoms with van der Waals surface area (Å²) in [5, 5.41) is 10.3. The predicted molar refractivity (Wildman–Crippen MR) is 91.9 cm³/mol. The molecule has 3 N–H and O–H groups in total. The Morgan fingerprint density at radius 3 is 2.44 bits per heavy atom. The van der Waals surface area contributed by atoms with E-state index in [0.717, 1.165) is 23.0 Å². The zero-order valence-electron chi connectivity index (χ0n) is 13.0. The number of carboxylic acid groups (broad SMARTS) is 1. The number of rotatable bonds is 5. The molecular weight excluding hydrogens is 364 g/mol. The number of nitrogens with zero attached hydrogens (tertiary/aromatic N) is 1. The molecule has 9 heteroatoms. The molecule has 1 aliphatic heterocycles. The lowest BCUT2D eigenvalue weighted by Gasteiger charge is -2.15. The van der Waals surface area contributed by atoms with E-state index in [1.54, 1.807) is 0 Å². The van der Waals surface area contributed by atoms with Gasteiger partial charge in [-0.15, -0.1) is 11.3 Å². The fourth-order valence-corrected chi connectivity index (χ4v) is 5.78. The standard InChI is InChI=1S/C16H16N2O5S2/c17-15(19)13-8-18(7-12(13)10-4-2-1-3-5-10)25(22,23)14-6-11(9-24-14)16(20)21/h1-6,9,12-13H,7-8H2,(H2,17,19)(H,20,21)/t12-,13+/m0/s1. The highest BCUT2D eigenvalue weighted by atomic mass is 32.2. The molecule has 2 atom stereocenters. The molecular formula is C16H16N2O5S2. The van der Waals surface area contributed by atoms with Crippen LogP contribution in [0, 0.1) is 5.92 Å². The summed E-state index contributed by atoms with van der Waals surface area (Å²) >= 11 is 0.852. The van der Waals surface area contributed by atoms with Gasteiger partial charge in [-0.3, -0.25) is 4.79 Å². The van der Waals surface area contributed by atoms with E-state index < -0.39 is 27.8 Å². The topological polar surface area (TPSA) is 118 Å². The quantitative estimate of drug-likeness (QED) is 0.811. The van der Waals surface area contributed by atoms with E-state index in [2.05, 4.69) is 0 Å². The van der Waals surface area contributed by atoms with Crippen molar-refractivity contribution in [2.24, 2.45) is 11.7 Å². The van der Waals surface area contributed by atoms with Gasteiger partial charge in [0, 0.05) is 24.4 Å². The van der Waals surface area contributed by atoms with Crippen molar-refractivity contribution >= 4 is 33.2 Å². The highest BCUT2D eigenvalue weighted by Gasteiger charge is 2.43. The average molecular weight is 380 g/mol. The van der Waals surface area contributed by atoms with Gasteiger partial charge in [-0.25, -0.2) is 13.2 Å². The van der Waals surface area contributed by atoms with Crippen molar-refractivity contribution < 1.29 is 23.1 Å². The Labute approximate surface area is 148 Å². The molecule has 2 aromatic rings. The number of carboxylic acids is 1. The molecule has 1 aliphatic rings. The first kappa shape index (κ1) is 17.6. The number of nitrogens with two attached hydrogens (primary N) is 1. The van der Waals surface area contributed by atoms with Gasteiger partial charge in [0.25, 0.3) is 10.0 Å². The van der Waals surface area contributed by atoms with Gasteiger partial charge >= 0.3 is 5.97 Å². The van der Waals surface area contributed by atoms with E-state index in [1.165, 1.54) is 9.69 Å². The molecule has 3 rings (SSSR count). The summed E-state index contributed by atoms with van der Waals surface area (Å²) in [7, 11) is -3.88. The van der Waals surface area contributed by atoms with Gasteiger partial charge < -0.3 is 10.8 Å². The van der Waals surface area contributed by atoms with Gasteiger partial charge in [-0.1, -0.05) is 30.3 Å². The Bertz CT molecular complexity index is 908. The van der Waals surface area contributed by atoms with Crippen molar-refractivity contribution in [3.8, 4) is 0 Å². The first-order valence-electron chi connectivity index (χ1n) is 7.47. The Morgan fingerprint density at radius 2 is 1.88 bits per heavy atom. The molecule has 1 saturated heterocycles. The van der Waals surface area contributed by atoms with Crippen LogP contribution in [0.2, 0.25) is 0 Å². The molecule has 1 aromatic carbocycles. The molecule has 7 nitrogen and oxygen atoms in total. The number of hydrogen-bond donors (Lipinski definition) is 2. The maximum atomic E-state index is 12.8. The summed E-state index contributed by atoms with van der Waals surface area (Å²) in [5.41, 5.74) is 6.25. The monoisotopic (exact) mass is 380 g/mol. The molecule has 1 aromatic heterocycles. The second kappa shape index (κ2) is 6.58. The molecule has 0 unspecified atom stereocenters. The number of primary amides is 1. The van der Waals surface area contributed by atoms with Crippen LogP contribution >= 0.6 is 11.3 Å². The van der Waals surface area contributed by atoms with Crippen molar-refractivity contribution in [1.82, 2.24) is 4.31 Å². The number of thiophene rings is 1. The maximum absolute atomic E-state index is 12.8. The molecule has 25 heavy (non-hydrogen) atoms. The summed E-state index contributed by atoms with van der Waals surface area (Å²) in [6, 6.07) is 10.3. The van der Waals surface area contributed by atoms with E-state index >= 15 is 0 Å². The van der Waals surface area contributed by atoms with Gasteiger partial charge in [-0.05, 0) is 11.6 Å². The van der Waals surface area contributed by atoms with Crippen LogP contribution in [0.1, 0.15) is 21.8 Å². The lowest BCUT2D eigenvalue weighted by molar-refractivity contribution is -0.121. The fourth-order valence-electron chi connectivity index (χ4n) is 2.98. The maximum Gasteiger partial charge on any atom is 0.336 e. The van der Waals surface area contributed by atoms with Crippen LogP contribution < -0.4 is 5.73 Å². The van der Waals surface area contributed by atoms with Crippen LogP contribution in [0.4, 0.5) is 0 Å². The highest BCUT2D eigenvalue weighted by Crippen LogP contribution is 2.36. The third-order valence-corrected chi connectivity index (χ3v) is 7.54. The Balaban J connectivity index is 1.92. The van der Waals surface area contributed by atoms with Crippen LogP contribution in [-0.2, 0) is 14.8 Å². The normalized spacial score (nSPS) is 21.3. The summed E-state index contributed by atoms with van der Waals surface area (Å²) < 4.78 is 26.8. The minimum atomic E-state index is -3.88. The minimum Gasteiger partial charge on any atom is -0.478 e. The number of hydrogen-bond acceptors (Lipinski definition) is 5. The van der Waals surface area contributed by atoms with Gasteiger partial charge in [0.2, 0.25) is 5.91 Å². The average Bonchev–Trinajstić information content (AvgIpc) is 3.23. The third kappa shape index (κ3) is 3.30. The van der Waals surface area contributed by atoms with Crippen LogP contribution in [0.3, 0.4) is 0 Å². The van der Waals surface area contributed by atoms with E-state index in [4.69, 9.17) is 10.8 Å². The molecule has 1 amide bonds. The van der Waals surface area contributed by atoms with Crippen molar-refractivity contribution in [3.05, 3.63) is 52.9 Å². The first-order valence-corrected chi connectivity index (χ1v) is 9.79. The van der Waals surface area contributed by atoms with Crippen LogP contribution in [0.25, 0.3) is 0 Å². The molecule has 132 valence electrons. The summed E-state index contributed by atoms with van der Waals surface area (Å²) in [4.78, 5) is 22.8. The van der Waals surface area contributed by atoms with Crippen molar-refractivity contribution in [1.29, 1.82) is 0 Å². The molecule has 0 aliphatic carbocycles. The van der Waals surface area contributed by atoms with Crippen LogP contribution in [0.15, 0.2) is 46.0 Å². The van der Waals surface area contributed by atoms with Gasteiger partial charge in [0.1, 0.15) is 4.21 Å². The number of sulfonamides is 1. The van der Waals surface area contributed by atoms with Crippen molar-refractivity contribution in [2.75, 3.05) is 13.1 Å². The molecule has 0 spiro atoms. The molecule has 0 bridgehead atoms. The third-order valence-electron chi connectivity index (χ3n) is 4.30. The fraction of sp³-hybridized carbons (Fsp3) is 0.250.